The van der Waals surface area contributed by atoms with Gasteiger partial charge in [0, 0.05) is 16.5 Å². The van der Waals surface area contributed by atoms with Crippen LogP contribution in [-0.2, 0) is 6.61 Å². The van der Waals surface area contributed by atoms with Gasteiger partial charge in [0.1, 0.15) is 5.76 Å². The topological polar surface area (TPSA) is 72.1 Å². The summed E-state index contributed by atoms with van der Waals surface area (Å²) in [6.45, 7) is 1.75. The Morgan fingerprint density at radius 3 is 2.48 bits per heavy atom. The van der Waals surface area contributed by atoms with Crippen LogP contribution in [0.1, 0.15) is 18.1 Å². The third-order valence-electron chi connectivity index (χ3n) is 4.06. The van der Waals surface area contributed by atoms with Crippen molar-refractivity contribution in [2.24, 2.45) is 0 Å². The van der Waals surface area contributed by atoms with Gasteiger partial charge < -0.3 is 24.1 Å². The number of ether oxygens (including phenoxy) is 2. The van der Waals surface area contributed by atoms with Gasteiger partial charge in [-0.25, -0.2) is 0 Å². The van der Waals surface area contributed by atoms with Gasteiger partial charge in [-0.3, -0.25) is 0 Å². The predicted octanol–water partition coefficient (Wildman–Crippen LogP) is 4.35. The number of furan rings is 1. The maximum atomic E-state index is 9.93. The zero-order valence-electron chi connectivity index (χ0n) is 14.4. The Labute approximate surface area is 145 Å². The zero-order chi connectivity index (χ0) is 18.0. The molecule has 0 unspecified atom stereocenters. The van der Waals surface area contributed by atoms with Gasteiger partial charge in [0.05, 0.1) is 20.8 Å². The molecule has 0 atom stereocenters. The first-order chi connectivity index (χ1) is 12.1. The van der Waals surface area contributed by atoms with Crippen LogP contribution in [0.5, 0.6) is 17.2 Å². The van der Waals surface area contributed by atoms with Crippen LogP contribution in [0.4, 0.5) is 0 Å². The van der Waals surface area contributed by atoms with Crippen molar-refractivity contribution in [1.29, 1.82) is 0 Å². The summed E-state index contributed by atoms with van der Waals surface area (Å²) >= 11 is 0. The Hall–Kier alpha value is -2.92. The van der Waals surface area contributed by atoms with Crippen molar-refractivity contribution in [3.8, 4) is 28.6 Å². The highest BCUT2D eigenvalue weighted by Gasteiger charge is 2.20. The summed E-state index contributed by atoms with van der Waals surface area (Å²) in [6.07, 6.45) is 3.89. The number of aliphatic hydroxyl groups is 1. The third-order valence-corrected chi connectivity index (χ3v) is 4.06. The number of benzene rings is 2. The van der Waals surface area contributed by atoms with E-state index in [1.165, 1.54) is 13.2 Å². The number of phenolic OH excluding ortho intramolecular Hbond substituents is 1. The average Bonchev–Trinajstić information content (AvgIpc) is 3.00. The molecule has 0 fully saturated rings. The van der Waals surface area contributed by atoms with Gasteiger partial charge in [0.25, 0.3) is 0 Å². The van der Waals surface area contributed by atoms with Crippen LogP contribution in [0.15, 0.2) is 40.8 Å². The molecule has 0 bridgehead atoms. The summed E-state index contributed by atoms with van der Waals surface area (Å²) in [7, 11) is 3.06. The number of fused-ring (bicyclic) bond motifs is 1. The molecule has 2 aromatic carbocycles. The minimum Gasteiger partial charge on any atom is -0.504 e. The average molecular weight is 340 g/mol. The van der Waals surface area contributed by atoms with E-state index in [9.17, 15) is 10.2 Å². The van der Waals surface area contributed by atoms with Crippen molar-refractivity contribution in [3.05, 3.63) is 47.5 Å². The highest BCUT2D eigenvalue weighted by Crippen LogP contribution is 2.41. The van der Waals surface area contributed by atoms with Gasteiger partial charge in [0.15, 0.2) is 22.8 Å². The minimum absolute atomic E-state index is 0.0425. The number of allylic oxidation sites excluding steroid dienone is 1. The standard InChI is InChI=1S/C20H20O5/c1-4-5-12-8-14-15(11-21)19(25-20(14)18(9-12)24-3)13-6-7-16(22)17(10-13)23-2/h4-10,21-22H,11H2,1-3H3/b5-4+. The maximum absolute atomic E-state index is 9.93. The number of rotatable bonds is 5. The molecule has 1 heterocycles. The minimum atomic E-state index is -0.187. The van der Waals surface area contributed by atoms with Crippen molar-refractivity contribution in [2.45, 2.75) is 13.5 Å². The fraction of sp³-hybridized carbons (Fsp3) is 0.200. The molecule has 0 aliphatic rings. The Kier molecular flexibility index (Phi) is 4.67. The lowest BCUT2D eigenvalue weighted by molar-refractivity contribution is 0.282. The molecule has 0 saturated heterocycles. The van der Waals surface area contributed by atoms with E-state index >= 15 is 0 Å². The fourth-order valence-electron chi connectivity index (χ4n) is 2.89. The quantitative estimate of drug-likeness (QED) is 0.722. The zero-order valence-corrected chi connectivity index (χ0v) is 14.4. The Balaban J connectivity index is 2.29. The molecule has 0 radical (unpaired) electrons. The molecular formula is C20H20O5. The summed E-state index contributed by atoms with van der Waals surface area (Å²) in [5, 5.41) is 20.5. The van der Waals surface area contributed by atoms with E-state index < -0.39 is 0 Å². The van der Waals surface area contributed by atoms with Crippen LogP contribution >= 0.6 is 0 Å². The highest BCUT2D eigenvalue weighted by molar-refractivity contribution is 5.93. The van der Waals surface area contributed by atoms with Gasteiger partial charge in [0.2, 0.25) is 0 Å². The van der Waals surface area contributed by atoms with Gasteiger partial charge in [-0.05, 0) is 42.8 Å². The van der Waals surface area contributed by atoms with Crippen molar-refractivity contribution >= 4 is 17.0 Å². The number of hydrogen-bond donors (Lipinski definition) is 2. The smallest absolute Gasteiger partial charge is 0.177 e. The molecule has 1 aromatic heterocycles. The van der Waals surface area contributed by atoms with E-state index in [0.717, 1.165) is 10.9 Å². The van der Waals surface area contributed by atoms with E-state index in [2.05, 4.69) is 0 Å². The molecule has 3 aromatic rings. The van der Waals surface area contributed by atoms with Gasteiger partial charge in [-0.1, -0.05) is 12.2 Å². The molecule has 0 aliphatic carbocycles. The lowest BCUT2D eigenvalue weighted by Gasteiger charge is -2.06. The molecule has 0 spiro atoms. The van der Waals surface area contributed by atoms with Crippen LogP contribution in [0.25, 0.3) is 28.4 Å². The third kappa shape index (κ3) is 2.94. The Morgan fingerprint density at radius 1 is 1.08 bits per heavy atom. The Bertz CT molecular complexity index is 937. The van der Waals surface area contributed by atoms with Crippen molar-refractivity contribution < 1.29 is 24.1 Å². The summed E-state index contributed by atoms with van der Waals surface area (Å²) in [5.41, 5.74) is 2.89. The summed E-state index contributed by atoms with van der Waals surface area (Å²) in [5.74, 6) is 1.49. The van der Waals surface area contributed by atoms with Crippen LogP contribution in [0.2, 0.25) is 0 Å². The molecule has 0 amide bonds. The van der Waals surface area contributed by atoms with E-state index in [1.807, 2.05) is 31.2 Å². The summed E-state index contributed by atoms with van der Waals surface area (Å²) in [4.78, 5) is 0. The second-order valence-corrected chi connectivity index (χ2v) is 5.55. The second-order valence-electron chi connectivity index (χ2n) is 5.55. The SMILES string of the molecule is C/C=C/c1cc(OC)c2oc(-c3ccc(O)c(OC)c3)c(CO)c2c1. The van der Waals surface area contributed by atoms with Crippen LogP contribution in [0.3, 0.4) is 0 Å². The molecule has 130 valence electrons. The normalized spacial score (nSPS) is 11.4. The number of aromatic hydroxyl groups is 1. The van der Waals surface area contributed by atoms with Crippen LogP contribution in [0, 0.1) is 0 Å². The van der Waals surface area contributed by atoms with Crippen molar-refractivity contribution in [3.63, 3.8) is 0 Å². The highest BCUT2D eigenvalue weighted by atomic mass is 16.5. The van der Waals surface area contributed by atoms with Gasteiger partial charge in [-0.2, -0.15) is 0 Å². The fourth-order valence-corrected chi connectivity index (χ4v) is 2.89. The van der Waals surface area contributed by atoms with E-state index in [0.29, 0.717) is 34.0 Å². The largest absolute Gasteiger partial charge is 0.504 e. The first-order valence-electron chi connectivity index (χ1n) is 7.87. The molecule has 0 aliphatic heterocycles. The van der Waals surface area contributed by atoms with E-state index in [1.54, 1.807) is 19.2 Å². The maximum Gasteiger partial charge on any atom is 0.177 e. The molecular weight excluding hydrogens is 320 g/mol. The second kappa shape index (κ2) is 6.91. The number of phenols is 1. The number of methoxy groups -OCH3 is 2. The number of aliphatic hydroxyl groups excluding tert-OH is 1. The summed E-state index contributed by atoms with van der Waals surface area (Å²) < 4.78 is 16.6. The summed E-state index contributed by atoms with van der Waals surface area (Å²) in [6, 6.07) is 8.76. The molecule has 25 heavy (non-hydrogen) atoms. The van der Waals surface area contributed by atoms with E-state index in [4.69, 9.17) is 13.9 Å². The van der Waals surface area contributed by atoms with Crippen molar-refractivity contribution in [2.75, 3.05) is 14.2 Å². The van der Waals surface area contributed by atoms with Gasteiger partial charge >= 0.3 is 0 Å². The van der Waals surface area contributed by atoms with Crippen LogP contribution in [-0.4, -0.2) is 24.4 Å². The lowest BCUT2D eigenvalue weighted by Crippen LogP contribution is -1.88. The molecule has 5 nitrogen and oxygen atoms in total. The predicted molar refractivity (Wildman–Crippen MR) is 97.0 cm³/mol. The van der Waals surface area contributed by atoms with Crippen molar-refractivity contribution in [1.82, 2.24) is 0 Å². The van der Waals surface area contributed by atoms with Crippen LogP contribution < -0.4 is 9.47 Å². The van der Waals surface area contributed by atoms with E-state index in [-0.39, 0.29) is 12.4 Å². The van der Waals surface area contributed by atoms with Gasteiger partial charge in [-0.15, -0.1) is 0 Å². The molecule has 3 rings (SSSR count). The lowest BCUT2D eigenvalue weighted by atomic mass is 10.0. The molecule has 5 heteroatoms. The first-order valence-corrected chi connectivity index (χ1v) is 7.87. The molecule has 0 saturated carbocycles. The first kappa shape index (κ1) is 16.9. The molecule has 2 N–H and O–H groups in total. The number of hydrogen-bond acceptors (Lipinski definition) is 5. The monoisotopic (exact) mass is 340 g/mol. The Morgan fingerprint density at radius 2 is 1.84 bits per heavy atom.